The molecule has 0 unspecified atom stereocenters. The van der Waals surface area contributed by atoms with E-state index in [0.717, 1.165) is 22.3 Å². The smallest absolute Gasteiger partial charge is 0.407 e. The van der Waals surface area contributed by atoms with Gasteiger partial charge in [-0.05, 0) is 90.8 Å². The molecule has 1 aliphatic carbocycles. The lowest BCUT2D eigenvalue weighted by atomic mass is 9.98. The number of carbonyl (C=O) groups excluding carboxylic acids is 7. The quantitative estimate of drug-likeness (QED) is 0.0587. The van der Waals surface area contributed by atoms with Gasteiger partial charge in [-0.15, -0.1) is 0 Å². The zero-order chi connectivity index (χ0) is 51.8. The first-order chi connectivity index (χ1) is 33.0. The minimum Gasteiger partial charge on any atom is -0.508 e. The van der Waals surface area contributed by atoms with E-state index in [0.29, 0.717) is 5.56 Å². The standard InChI is InChI=1S/C51H69N7O12/c1-27(2)21-39(47(64)56-41(23-29(5)6)49(66)58-44(31(8)59)50(67)68)54-43(61)25-52-45(62)30(7)53-46(63)40(22-28(3)4)55-48(65)42(24-32-17-19-33(60)20-18-32)57-51(69)70-26-38-36-15-11-9-13-34(36)35-14-10-12-16-37(35)38/h9-20,27-31,38-42,44,59-60H,21-26H2,1-8H3,(H,52,62)(H,53,63)(H,54,61)(H,55,65)(H,56,64)(H,57,69)(H,58,66)(H,67,68)/t30-,31+,39-,40-,41-,42-,44-/m0/s1. The lowest BCUT2D eigenvalue weighted by molar-refractivity contribution is -0.145. The van der Waals surface area contributed by atoms with Gasteiger partial charge in [0.25, 0.3) is 0 Å². The molecule has 0 bridgehead atoms. The van der Waals surface area contributed by atoms with E-state index in [4.69, 9.17) is 4.74 Å². The molecule has 0 saturated carbocycles. The number of ether oxygens (including phenoxy) is 1. The summed E-state index contributed by atoms with van der Waals surface area (Å²) in [5.41, 5.74) is 4.69. The Morgan fingerprint density at radius 3 is 1.50 bits per heavy atom. The zero-order valence-corrected chi connectivity index (χ0v) is 41.0. The Hall–Kier alpha value is -7.02. The fraction of sp³-hybridized carbons (Fsp3) is 0.490. The van der Waals surface area contributed by atoms with Gasteiger partial charge in [0.05, 0.1) is 12.6 Å². The highest BCUT2D eigenvalue weighted by molar-refractivity contribution is 5.96. The maximum atomic E-state index is 14.1. The van der Waals surface area contributed by atoms with Crippen LogP contribution in [0, 0.1) is 17.8 Å². The fourth-order valence-corrected chi connectivity index (χ4v) is 8.10. The third kappa shape index (κ3) is 16.6. The number of aliphatic carboxylic acids is 1. The van der Waals surface area contributed by atoms with E-state index in [2.05, 4.69) is 37.2 Å². The summed E-state index contributed by atoms with van der Waals surface area (Å²) < 4.78 is 5.74. The summed E-state index contributed by atoms with van der Waals surface area (Å²) in [5.74, 6) is -6.55. The van der Waals surface area contributed by atoms with Crippen molar-refractivity contribution in [1.82, 2.24) is 37.2 Å². The molecular formula is C51H69N7O12. The number of phenolic OH excluding ortho intramolecular Hbond substituents is 1. The number of benzene rings is 3. The van der Waals surface area contributed by atoms with Gasteiger partial charge < -0.3 is 57.3 Å². The average Bonchev–Trinajstić information content (AvgIpc) is 3.61. The maximum absolute atomic E-state index is 14.1. The van der Waals surface area contributed by atoms with Crippen LogP contribution in [0.25, 0.3) is 11.1 Å². The van der Waals surface area contributed by atoms with Crippen LogP contribution in [0.1, 0.15) is 97.3 Å². The van der Waals surface area contributed by atoms with Crippen LogP contribution in [0.4, 0.5) is 4.79 Å². The van der Waals surface area contributed by atoms with Gasteiger partial charge in [0, 0.05) is 12.3 Å². The molecule has 0 spiro atoms. The summed E-state index contributed by atoms with van der Waals surface area (Å²) in [4.78, 5) is 106. The number of alkyl carbamates (subject to hydrolysis) is 1. The average molecular weight is 972 g/mol. The van der Waals surface area contributed by atoms with Gasteiger partial charge in [-0.1, -0.05) is 102 Å². The molecule has 70 heavy (non-hydrogen) atoms. The molecule has 3 aromatic rings. The molecule has 3 aromatic carbocycles. The molecule has 0 radical (unpaired) electrons. The van der Waals surface area contributed by atoms with Crippen molar-refractivity contribution in [3.63, 3.8) is 0 Å². The summed E-state index contributed by atoms with van der Waals surface area (Å²) in [7, 11) is 0. The Morgan fingerprint density at radius 1 is 0.557 bits per heavy atom. The predicted molar refractivity (Wildman–Crippen MR) is 260 cm³/mol. The molecule has 380 valence electrons. The Balaban J connectivity index is 1.38. The summed E-state index contributed by atoms with van der Waals surface area (Å²) in [6, 6.07) is 14.2. The second-order valence-electron chi connectivity index (χ2n) is 19.0. The van der Waals surface area contributed by atoms with Crippen LogP contribution >= 0.6 is 0 Å². The molecule has 19 nitrogen and oxygen atoms in total. The number of aliphatic hydroxyl groups is 1. The van der Waals surface area contributed by atoms with Gasteiger partial charge in [-0.3, -0.25) is 28.8 Å². The maximum Gasteiger partial charge on any atom is 0.407 e. The van der Waals surface area contributed by atoms with Gasteiger partial charge in [-0.25, -0.2) is 9.59 Å². The van der Waals surface area contributed by atoms with Crippen LogP contribution in [0.15, 0.2) is 72.8 Å². The molecule has 0 aliphatic heterocycles. The van der Waals surface area contributed by atoms with E-state index in [-0.39, 0.29) is 61.7 Å². The Morgan fingerprint density at radius 2 is 1.01 bits per heavy atom. The first kappa shape index (κ1) is 55.6. The van der Waals surface area contributed by atoms with Crippen molar-refractivity contribution in [1.29, 1.82) is 0 Å². The lowest BCUT2D eigenvalue weighted by Crippen LogP contribution is -2.58. The highest BCUT2D eigenvalue weighted by atomic mass is 16.5. The molecule has 0 aromatic heterocycles. The number of carboxylic acid groups (broad SMARTS) is 1. The first-order valence-corrected chi connectivity index (χ1v) is 23.6. The highest BCUT2D eigenvalue weighted by Crippen LogP contribution is 2.44. The molecule has 1 aliphatic rings. The molecule has 7 atom stereocenters. The Kier molecular flexibility index (Phi) is 20.7. The van der Waals surface area contributed by atoms with E-state index in [1.54, 1.807) is 26.0 Å². The van der Waals surface area contributed by atoms with Gasteiger partial charge in [0.2, 0.25) is 35.4 Å². The van der Waals surface area contributed by atoms with Gasteiger partial charge in [-0.2, -0.15) is 0 Å². The minimum atomic E-state index is -1.62. The van der Waals surface area contributed by atoms with Crippen LogP contribution in [-0.4, -0.2) is 118 Å². The van der Waals surface area contributed by atoms with Crippen molar-refractivity contribution in [3.05, 3.63) is 89.5 Å². The van der Waals surface area contributed by atoms with Crippen LogP contribution < -0.4 is 37.2 Å². The topological polar surface area (TPSA) is 291 Å². The van der Waals surface area contributed by atoms with E-state index in [1.807, 2.05) is 76.2 Å². The predicted octanol–water partition coefficient (Wildman–Crippen LogP) is 3.01. The number of carboxylic acids is 1. The van der Waals surface area contributed by atoms with E-state index >= 15 is 0 Å². The second-order valence-corrected chi connectivity index (χ2v) is 19.0. The number of hydrogen-bond donors (Lipinski definition) is 10. The largest absolute Gasteiger partial charge is 0.508 e. The van der Waals surface area contributed by atoms with Gasteiger partial charge in [0.1, 0.15) is 42.6 Å². The normalized spacial score (nSPS) is 14.9. The summed E-state index contributed by atoms with van der Waals surface area (Å²) >= 11 is 0. The highest BCUT2D eigenvalue weighted by Gasteiger charge is 2.34. The first-order valence-electron chi connectivity index (χ1n) is 23.6. The second kappa shape index (κ2) is 26.1. The molecule has 10 N–H and O–H groups in total. The number of hydrogen-bond acceptors (Lipinski definition) is 11. The van der Waals surface area contributed by atoms with Crippen LogP contribution in [-0.2, 0) is 44.7 Å². The molecule has 0 heterocycles. The third-order valence-corrected chi connectivity index (χ3v) is 11.6. The molecular weight excluding hydrogens is 903 g/mol. The van der Waals surface area contributed by atoms with Crippen molar-refractivity contribution >= 4 is 47.5 Å². The van der Waals surface area contributed by atoms with E-state index in [9.17, 15) is 53.7 Å². The number of phenols is 1. The van der Waals surface area contributed by atoms with Crippen LogP contribution in [0.3, 0.4) is 0 Å². The molecule has 7 amide bonds. The fourth-order valence-electron chi connectivity index (χ4n) is 8.10. The van der Waals surface area contributed by atoms with Crippen molar-refractivity contribution in [2.75, 3.05) is 13.2 Å². The number of fused-ring (bicyclic) bond motifs is 3. The van der Waals surface area contributed by atoms with Crippen LogP contribution in [0.5, 0.6) is 5.75 Å². The number of aromatic hydroxyl groups is 1. The van der Waals surface area contributed by atoms with E-state index in [1.165, 1.54) is 26.0 Å². The Bertz CT molecular complexity index is 2270. The molecule has 0 fully saturated rings. The number of nitrogens with one attached hydrogen (secondary N) is 7. The number of amides is 7. The molecule has 0 saturated heterocycles. The number of aliphatic hydroxyl groups excluding tert-OH is 1. The van der Waals surface area contributed by atoms with Crippen molar-refractivity contribution < 1.29 is 58.4 Å². The lowest BCUT2D eigenvalue weighted by Gasteiger charge is -2.27. The number of carbonyl (C=O) groups is 8. The third-order valence-electron chi connectivity index (χ3n) is 11.6. The summed E-state index contributed by atoms with van der Waals surface area (Å²) in [5, 5.41) is 47.0. The van der Waals surface area contributed by atoms with Crippen LogP contribution in [0.2, 0.25) is 0 Å². The monoisotopic (exact) mass is 972 g/mol. The molecule has 19 heteroatoms. The summed E-state index contributed by atoms with van der Waals surface area (Å²) in [6.45, 7) is 12.9. The van der Waals surface area contributed by atoms with Gasteiger partial charge >= 0.3 is 12.1 Å². The van der Waals surface area contributed by atoms with Crippen molar-refractivity contribution in [2.24, 2.45) is 17.8 Å². The van der Waals surface area contributed by atoms with Crippen molar-refractivity contribution in [2.45, 2.75) is 129 Å². The molecule has 4 rings (SSSR count). The number of rotatable bonds is 25. The van der Waals surface area contributed by atoms with E-state index < -0.39 is 96.4 Å². The van der Waals surface area contributed by atoms with Gasteiger partial charge in [0.15, 0.2) is 6.04 Å². The Labute approximate surface area is 408 Å². The minimum absolute atomic E-state index is 0.00284. The summed E-state index contributed by atoms with van der Waals surface area (Å²) in [6.07, 6.45) is -1.92. The van der Waals surface area contributed by atoms with Crippen molar-refractivity contribution in [3.8, 4) is 16.9 Å². The zero-order valence-electron chi connectivity index (χ0n) is 41.0. The SMILES string of the molecule is CC(C)C[C@H](NC(=O)CNC(=O)[C@H](C)NC(=O)[C@H](CC(C)C)NC(=O)[C@H](Cc1ccc(O)cc1)NC(=O)OCC1c2ccccc2-c2ccccc21)C(=O)N[C@@H](CC(C)C)C(=O)N[C@H](C(=O)O)[C@@H](C)O.